The summed E-state index contributed by atoms with van der Waals surface area (Å²) in [6, 6.07) is 0. The number of hydrogen-bond donors (Lipinski definition) is 1. The Hall–Kier alpha value is -0.410. The van der Waals surface area contributed by atoms with Gasteiger partial charge in [-0.05, 0) is 26.8 Å². The van der Waals surface area contributed by atoms with E-state index >= 15 is 0 Å². The molecule has 0 aliphatic heterocycles. The maximum absolute atomic E-state index is 4.60. The highest BCUT2D eigenvalue weighted by molar-refractivity contribution is 7.09. The second kappa shape index (κ2) is 3.39. The van der Waals surface area contributed by atoms with Gasteiger partial charge in [-0.15, -0.1) is 11.3 Å². The number of nitrogens with one attached hydrogen (secondary N) is 1. The zero-order chi connectivity index (χ0) is 9.31. The molecule has 1 aliphatic rings. The Bertz CT molecular complexity index is 289. The van der Waals surface area contributed by atoms with Crippen molar-refractivity contribution in [1.82, 2.24) is 10.3 Å². The molecule has 1 aromatic rings. The van der Waals surface area contributed by atoms with Crippen LogP contribution >= 0.6 is 11.3 Å². The van der Waals surface area contributed by atoms with Crippen molar-refractivity contribution in [2.45, 2.75) is 31.6 Å². The first kappa shape index (κ1) is 9.16. The molecule has 2 nitrogen and oxygen atoms in total. The van der Waals surface area contributed by atoms with E-state index in [1.165, 1.54) is 30.0 Å². The van der Waals surface area contributed by atoms with Crippen molar-refractivity contribution in [2.75, 3.05) is 13.6 Å². The lowest BCUT2D eigenvalue weighted by Crippen LogP contribution is -2.42. The van der Waals surface area contributed by atoms with Crippen LogP contribution in [0.3, 0.4) is 0 Å². The van der Waals surface area contributed by atoms with Crippen molar-refractivity contribution in [2.24, 2.45) is 0 Å². The maximum Gasteiger partial charge on any atom is 0.100 e. The normalized spacial score (nSPS) is 19.8. The van der Waals surface area contributed by atoms with E-state index in [0.717, 1.165) is 6.54 Å². The summed E-state index contributed by atoms with van der Waals surface area (Å²) >= 11 is 1.82. The third-order valence-electron chi connectivity index (χ3n) is 2.90. The van der Waals surface area contributed by atoms with E-state index in [-0.39, 0.29) is 0 Å². The van der Waals surface area contributed by atoms with E-state index in [1.807, 2.05) is 18.4 Å². The Morgan fingerprint density at radius 1 is 1.62 bits per heavy atom. The third kappa shape index (κ3) is 1.51. The molecule has 1 fully saturated rings. The van der Waals surface area contributed by atoms with Crippen LogP contribution in [0.25, 0.3) is 0 Å². The van der Waals surface area contributed by atoms with Gasteiger partial charge in [0.15, 0.2) is 0 Å². The van der Waals surface area contributed by atoms with Crippen molar-refractivity contribution < 1.29 is 0 Å². The number of thiazole rings is 1. The second-order valence-corrected chi connectivity index (χ2v) is 4.82. The summed E-state index contributed by atoms with van der Waals surface area (Å²) in [5.74, 6) is 0. The van der Waals surface area contributed by atoms with Gasteiger partial charge in [0.1, 0.15) is 5.01 Å². The van der Waals surface area contributed by atoms with Gasteiger partial charge >= 0.3 is 0 Å². The Labute approximate surface area is 83.4 Å². The molecule has 2 rings (SSSR count). The zero-order valence-electron chi connectivity index (χ0n) is 8.26. The summed E-state index contributed by atoms with van der Waals surface area (Å²) in [5, 5.41) is 6.78. The van der Waals surface area contributed by atoms with Crippen LogP contribution in [0.1, 0.15) is 30.0 Å². The minimum absolute atomic E-state index is 0.383. The molecule has 0 aromatic carbocycles. The van der Waals surface area contributed by atoms with E-state index in [4.69, 9.17) is 0 Å². The van der Waals surface area contributed by atoms with Crippen LogP contribution < -0.4 is 5.32 Å². The quantitative estimate of drug-likeness (QED) is 0.800. The lowest BCUT2D eigenvalue weighted by molar-refractivity contribution is 0.238. The summed E-state index contributed by atoms with van der Waals surface area (Å²) in [5.41, 5.74) is 1.55. The van der Waals surface area contributed by atoms with Crippen molar-refractivity contribution >= 4 is 11.3 Å². The van der Waals surface area contributed by atoms with Crippen LogP contribution in [-0.2, 0) is 5.41 Å². The van der Waals surface area contributed by atoms with Crippen molar-refractivity contribution in [3.05, 3.63) is 16.1 Å². The molecule has 0 radical (unpaired) electrons. The molecule has 3 heteroatoms. The van der Waals surface area contributed by atoms with Crippen molar-refractivity contribution in [1.29, 1.82) is 0 Å². The summed E-state index contributed by atoms with van der Waals surface area (Å²) < 4.78 is 0. The predicted molar refractivity (Wildman–Crippen MR) is 56.3 cm³/mol. The standard InChI is InChI=1S/C10H16N2S/c1-8-6-13-9(12-8)10(7-11-2)4-3-5-10/h6,11H,3-5,7H2,1-2H3. The fourth-order valence-corrected chi connectivity index (χ4v) is 3.06. The molecule has 0 unspecified atom stereocenters. The minimum Gasteiger partial charge on any atom is -0.319 e. The number of aromatic nitrogens is 1. The lowest BCUT2D eigenvalue weighted by atomic mass is 9.69. The highest BCUT2D eigenvalue weighted by Gasteiger charge is 2.40. The largest absolute Gasteiger partial charge is 0.319 e. The Morgan fingerprint density at radius 2 is 2.38 bits per heavy atom. The maximum atomic E-state index is 4.60. The molecule has 0 bridgehead atoms. The Balaban J connectivity index is 2.21. The Kier molecular flexibility index (Phi) is 2.39. The van der Waals surface area contributed by atoms with E-state index in [1.54, 1.807) is 0 Å². The van der Waals surface area contributed by atoms with E-state index in [2.05, 4.69) is 22.6 Å². The molecule has 13 heavy (non-hydrogen) atoms. The molecular weight excluding hydrogens is 180 g/mol. The van der Waals surface area contributed by atoms with Gasteiger partial charge in [0.25, 0.3) is 0 Å². The number of nitrogens with zero attached hydrogens (tertiary/aromatic N) is 1. The van der Waals surface area contributed by atoms with Crippen LogP contribution in [-0.4, -0.2) is 18.6 Å². The summed E-state index contributed by atoms with van der Waals surface area (Å²) in [6.45, 7) is 3.16. The first-order valence-corrected chi connectivity index (χ1v) is 5.72. The van der Waals surface area contributed by atoms with Gasteiger partial charge in [-0.2, -0.15) is 0 Å². The number of aryl methyl sites for hydroxylation is 1. The topological polar surface area (TPSA) is 24.9 Å². The van der Waals surface area contributed by atoms with Gasteiger partial charge in [0.2, 0.25) is 0 Å². The fourth-order valence-electron chi connectivity index (χ4n) is 2.01. The van der Waals surface area contributed by atoms with Crippen LogP contribution in [0.5, 0.6) is 0 Å². The van der Waals surface area contributed by atoms with Crippen LogP contribution in [0.2, 0.25) is 0 Å². The van der Waals surface area contributed by atoms with E-state index in [0.29, 0.717) is 5.41 Å². The van der Waals surface area contributed by atoms with Gasteiger partial charge < -0.3 is 5.32 Å². The second-order valence-electron chi connectivity index (χ2n) is 3.96. The highest BCUT2D eigenvalue weighted by atomic mass is 32.1. The highest BCUT2D eigenvalue weighted by Crippen LogP contribution is 2.44. The predicted octanol–water partition coefficient (Wildman–Crippen LogP) is 2.09. The lowest BCUT2D eigenvalue weighted by Gasteiger charge is -2.40. The molecule has 1 N–H and O–H groups in total. The average molecular weight is 196 g/mol. The summed E-state index contributed by atoms with van der Waals surface area (Å²) in [4.78, 5) is 4.60. The van der Waals surface area contributed by atoms with Crippen molar-refractivity contribution in [3.8, 4) is 0 Å². The average Bonchev–Trinajstić information content (AvgIpc) is 2.44. The van der Waals surface area contributed by atoms with Gasteiger partial charge in [-0.3, -0.25) is 0 Å². The SMILES string of the molecule is CNCC1(c2nc(C)cs2)CCC1. The molecule has 0 saturated heterocycles. The molecule has 0 atom stereocenters. The van der Waals surface area contributed by atoms with Crippen LogP contribution in [0, 0.1) is 6.92 Å². The van der Waals surface area contributed by atoms with E-state index in [9.17, 15) is 0 Å². The van der Waals surface area contributed by atoms with Crippen molar-refractivity contribution in [3.63, 3.8) is 0 Å². The molecule has 0 spiro atoms. The molecular formula is C10H16N2S. The molecule has 0 amide bonds. The van der Waals surface area contributed by atoms with Crippen LogP contribution in [0.15, 0.2) is 5.38 Å². The number of likely N-dealkylation sites (N-methyl/N-ethyl adjacent to an activating group) is 1. The van der Waals surface area contributed by atoms with Gasteiger partial charge in [-0.1, -0.05) is 6.42 Å². The molecule has 1 aliphatic carbocycles. The number of hydrogen-bond acceptors (Lipinski definition) is 3. The number of rotatable bonds is 3. The smallest absolute Gasteiger partial charge is 0.100 e. The van der Waals surface area contributed by atoms with E-state index < -0.39 is 0 Å². The molecule has 1 aromatic heterocycles. The van der Waals surface area contributed by atoms with Crippen LogP contribution in [0.4, 0.5) is 0 Å². The summed E-state index contributed by atoms with van der Waals surface area (Å²) in [6.07, 6.45) is 3.97. The fraction of sp³-hybridized carbons (Fsp3) is 0.700. The minimum atomic E-state index is 0.383. The molecule has 72 valence electrons. The zero-order valence-corrected chi connectivity index (χ0v) is 9.08. The third-order valence-corrected chi connectivity index (χ3v) is 4.11. The first-order valence-electron chi connectivity index (χ1n) is 4.84. The molecule has 1 heterocycles. The van der Waals surface area contributed by atoms with Gasteiger partial charge in [-0.25, -0.2) is 4.98 Å². The first-order chi connectivity index (χ1) is 6.27. The van der Waals surface area contributed by atoms with Gasteiger partial charge in [0.05, 0.1) is 0 Å². The monoisotopic (exact) mass is 196 g/mol. The molecule has 1 saturated carbocycles. The summed E-state index contributed by atoms with van der Waals surface area (Å²) in [7, 11) is 2.03. The van der Waals surface area contributed by atoms with Gasteiger partial charge in [0, 0.05) is 23.0 Å². The Morgan fingerprint density at radius 3 is 2.77 bits per heavy atom.